The molecule has 11 heteroatoms. The standard InChI is InChI=1S/C26H26Cl2N6O3/c1-30-23-22(24(36)31(2)26(30)37)34(16-18-5-3-4-6-20(18)28)25(29-23)33-13-11-32(12-14-33)21(35)15-17-7-9-19(27)10-8-17/h3-10H,11-16H2,1-2H3. The number of fused-ring (bicyclic) bond motifs is 1. The molecule has 1 amide bonds. The number of carbonyl (C=O) groups excluding carboxylic acids is 1. The Bertz CT molecular complexity index is 1600. The van der Waals surface area contributed by atoms with E-state index >= 15 is 0 Å². The van der Waals surface area contributed by atoms with Gasteiger partial charge in [0, 0.05) is 50.3 Å². The third kappa shape index (κ3) is 4.76. The summed E-state index contributed by atoms with van der Waals surface area (Å²) in [6.45, 7) is 2.41. The SMILES string of the molecule is Cn1c(=O)c2c(nc(N3CCN(C(=O)Cc4ccc(Cl)cc4)CC3)n2Cc2ccccc2Cl)n(C)c1=O. The maximum absolute atomic E-state index is 13.2. The molecule has 3 heterocycles. The monoisotopic (exact) mass is 540 g/mol. The summed E-state index contributed by atoms with van der Waals surface area (Å²) in [5, 5.41) is 1.21. The van der Waals surface area contributed by atoms with Crippen molar-refractivity contribution in [2.24, 2.45) is 14.1 Å². The van der Waals surface area contributed by atoms with Crippen LogP contribution in [0.5, 0.6) is 0 Å². The highest BCUT2D eigenvalue weighted by Crippen LogP contribution is 2.25. The lowest BCUT2D eigenvalue weighted by molar-refractivity contribution is -0.130. The van der Waals surface area contributed by atoms with Crippen molar-refractivity contribution < 1.29 is 4.79 Å². The number of imidazole rings is 1. The van der Waals surface area contributed by atoms with Crippen molar-refractivity contribution in [2.45, 2.75) is 13.0 Å². The predicted octanol–water partition coefficient (Wildman–Crippen LogP) is 2.68. The molecule has 0 atom stereocenters. The van der Waals surface area contributed by atoms with Gasteiger partial charge in [-0.15, -0.1) is 0 Å². The maximum Gasteiger partial charge on any atom is 0.332 e. The molecule has 37 heavy (non-hydrogen) atoms. The zero-order valence-corrected chi connectivity index (χ0v) is 22.0. The van der Waals surface area contributed by atoms with E-state index in [2.05, 4.69) is 0 Å². The van der Waals surface area contributed by atoms with Gasteiger partial charge in [0.15, 0.2) is 11.2 Å². The van der Waals surface area contributed by atoms with Gasteiger partial charge in [-0.1, -0.05) is 53.5 Å². The number of benzene rings is 2. The van der Waals surface area contributed by atoms with E-state index in [-0.39, 0.29) is 5.91 Å². The topological polar surface area (TPSA) is 85.4 Å². The summed E-state index contributed by atoms with van der Waals surface area (Å²) >= 11 is 12.4. The number of hydrogen-bond acceptors (Lipinski definition) is 5. The number of rotatable bonds is 5. The van der Waals surface area contributed by atoms with Crippen molar-refractivity contribution in [3.63, 3.8) is 0 Å². The van der Waals surface area contributed by atoms with Crippen LogP contribution in [0.4, 0.5) is 5.95 Å². The summed E-state index contributed by atoms with van der Waals surface area (Å²) in [5.41, 5.74) is 1.54. The summed E-state index contributed by atoms with van der Waals surface area (Å²) in [6.07, 6.45) is 0.306. The minimum Gasteiger partial charge on any atom is -0.339 e. The second-order valence-electron chi connectivity index (χ2n) is 9.14. The third-order valence-corrected chi connectivity index (χ3v) is 7.42. The Kier molecular flexibility index (Phi) is 6.83. The summed E-state index contributed by atoms with van der Waals surface area (Å²) in [6, 6.07) is 14.7. The minimum atomic E-state index is -0.441. The Balaban J connectivity index is 1.46. The van der Waals surface area contributed by atoms with Crippen LogP contribution in [0.25, 0.3) is 11.2 Å². The normalized spacial score (nSPS) is 13.9. The van der Waals surface area contributed by atoms with E-state index < -0.39 is 11.2 Å². The number of hydrogen-bond donors (Lipinski definition) is 0. The molecule has 0 radical (unpaired) electrons. The lowest BCUT2D eigenvalue weighted by Crippen LogP contribution is -2.50. The highest BCUT2D eigenvalue weighted by Gasteiger charge is 2.27. The fraction of sp³-hybridized carbons (Fsp3) is 0.308. The van der Waals surface area contributed by atoms with Crippen LogP contribution in [0.2, 0.25) is 10.0 Å². The third-order valence-electron chi connectivity index (χ3n) is 6.80. The molecular weight excluding hydrogens is 515 g/mol. The molecule has 2 aromatic heterocycles. The van der Waals surface area contributed by atoms with Crippen LogP contribution >= 0.6 is 23.2 Å². The van der Waals surface area contributed by atoms with Gasteiger partial charge in [-0.25, -0.2) is 4.79 Å². The second kappa shape index (κ2) is 10.1. The average Bonchev–Trinajstić information content (AvgIpc) is 3.28. The lowest BCUT2D eigenvalue weighted by atomic mass is 10.1. The number of carbonyl (C=O) groups is 1. The molecule has 0 spiro atoms. The second-order valence-corrected chi connectivity index (χ2v) is 9.98. The summed E-state index contributed by atoms with van der Waals surface area (Å²) in [5.74, 6) is 0.612. The van der Waals surface area contributed by atoms with Crippen LogP contribution in [0.15, 0.2) is 58.1 Å². The number of nitrogens with zero attached hydrogens (tertiary/aromatic N) is 6. The van der Waals surface area contributed by atoms with E-state index in [0.717, 1.165) is 15.7 Å². The van der Waals surface area contributed by atoms with Gasteiger partial charge in [-0.2, -0.15) is 4.98 Å². The van der Waals surface area contributed by atoms with Gasteiger partial charge < -0.3 is 9.80 Å². The largest absolute Gasteiger partial charge is 0.339 e. The number of amides is 1. The molecule has 0 saturated carbocycles. The average molecular weight is 541 g/mol. The van der Waals surface area contributed by atoms with Crippen LogP contribution in [0.3, 0.4) is 0 Å². The molecule has 2 aromatic carbocycles. The molecule has 1 saturated heterocycles. The fourth-order valence-electron chi connectivity index (χ4n) is 4.67. The Hall–Kier alpha value is -3.56. The fourth-order valence-corrected chi connectivity index (χ4v) is 4.99. The van der Waals surface area contributed by atoms with E-state index in [0.29, 0.717) is 66.3 Å². The Labute approximate surface area is 223 Å². The van der Waals surface area contributed by atoms with Crippen molar-refractivity contribution in [1.82, 2.24) is 23.6 Å². The van der Waals surface area contributed by atoms with Crippen molar-refractivity contribution >= 4 is 46.2 Å². The molecule has 0 N–H and O–H groups in total. The zero-order valence-electron chi connectivity index (χ0n) is 20.5. The van der Waals surface area contributed by atoms with Crippen molar-refractivity contribution in [1.29, 1.82) is 0 Å². The minimum absolute atomic E-state index is 0.0443. The van der Waals surface area contributed by atoms with Crippen LogP contribution < -0.4 is 16.1 Å². The van der Waals surface area contributed by atoms with Gasteiger partial charge in [-0.05, 0) is 29.3 Å². The van der Waals surface area contributed by atoms with E-state index in [4.69, 9.17) is 28.2 Å². The van der Waals surface area contributed by atoms with Gasteiger partial charge in [0.05, 0.1) is 13.0 Å². The van der Waals surface area contributed by atoms with E-state index in [9.17, 15) is 14.4 Å². The highest BCUT2D eigenvalue weighted by molar-refractivity contribution is 6.31. The molecule has 0 aliphatic carbocycles. The van der Waals surface area contributed by atoms with Gasteiger partial charge in [0.25, 0.3) is 5.56 Å². The van der Waals surface area contributed by atoms with Crippen LogP contribution in [-0.4, -0.2) is 55.7 Å². The first-order chi connectivity index (χ1) is 17.7. The Morgan fingerprint density at radius 2 is 1.59 bits per heavy atom. The number of halogens is 2. The molecule has 192 valence electrons. The zero-order chi connectivity index (χ0) is 26.3. The van der Waals surface area contributed by atoms with E-state index in [1.165, 1.54) is 11.6 Å². The molecule has 1 fully saturated rings. The smallest absolute Gasteiger partial charge is 0.332 e. The Morgan fingerprint density at radius 1 is 0.919 bits per heavy atom. The summed E-state index contributed by atoms with van der Waals surface area (Å²) in [7, 11) is 3.07. The predicted molar refractivity (Wildman–Crippen MR) is 145 cm³/mol. The van der Waals surface area contributed by atoms with Crippen molar-refractivity contribution in [2.75, 3.05) is 31.1 Å². The van der Waals surface area contributed by atoms with Gasteiger partial charge in [0.1, 0.15) is 0 Å². The first-order valence-corrected chi connectivity index (χ1v) is 12.7. The maximum atomic E-state index is 13.2. The number of aromatic nitrogens is 4. The highest BCUT2D eigenvalue weighted by atomic mass is 35.5. The number of piperazine rings is 1. The van der Waals surface area contributed by atoms with Crippen LogP contribution in [0, 0.1) is 0 Å². The molecule has 5 rings (SSSR count). The molecule has 0 unspecified atom stereocenters. The van der Waals surface area contributed by atoms with Crippen molar-refractivity contribution in [3.8, 4) is 0 Å². The molecule has 4 aromatic rings. The van der Waals surface area contributed by atoms with Crippen LogP contribution in [0.1, 0.15) is 11.1 Å². The quantitative estimate of drug-likeness (QED) is 0.388. The lowest BCUT2D eigenvalue weighted by Gasteiger charge is -2.35. The van der Waals surface area contributed by atoms with Crippen LogP contribution in [-0.2, 0) is 31.9 Å². The molecule has 1 aliphatic rings. The van der Waals surface area contributed by atoms with Gasteiger partial charge in [-0.3, -0.25) is 23.3 Å². The van der Waals surface area contributed by atoms with Gasteiger partial charge in [0.2, 0.25) is 11.9 Å². The number of aryl methyl sites for hydroxylation is 1. The molecule has 9 nitrogen and oxygen atoms in total. The Morgan fingerprint density at radius 3 is 2.27 bits per heavy atom. The first kappa shape index (κ1) is 25.1. The molecule has 1 aliphatic heterocycles. The first-order valence-electron chi connectivity index (χ1n) is 11.9. The summed E-state index contributed by atoms with van der Waals surface area (Å²) < 4.78 is 4.29. The van der Waals surface area contributed by atoms with E-state index in [1.807, 2.05) is 44.7 Å². The van der Waals surface area contributed by atoms with E-state index in [1.54, 1.807) is 25.2 Å². The van der Waals surface area contributed by atoms with Gasteiger partial charge >= 0.3 is 5.69 Å². The molecular formula is C26H26Cl2N6O3. The summed E-state index contributed by atoms with van der Waals surface area (Å²) in [4.78, 5) is 47.3. The number of anilines is 1. The molecule has 0 bridgehead atoms. The van der Waals surface area contributed by atoms with Crippen molar-refractivity contribution in [3.05, 3.63) is 90.5 Å².